The van der Waals surface area contributed by atoms with E-state index in [0.29, 0.717) is 18.5 Å². The normalized spacial score (nSPS) is 13.2. The first-order valence-corrected chi connectivity index (χ1v) is 7.14. The largest absolute Gasteiger partial charge is 0.466 e. The highest BCUT2D eigenvalue weighted by molar-refractivity contribution is 9.10. The molecule has 0 radical (unpaired) electrons. The predicted molar refractivity (Wildman–Crippen MR) is 80.9 cm³/mol. The van der Waals surface area contributed by atoms with Crippen LogP contribution in [0.5, 0.6) is 0 Å². The van der Waals surface area contributed by atoms with E-state index in [4.69, 9.17) is 4.74 Å². The molecule has 1 N–H and O–H groups in total. The molecular formula is C15H20BrNO2. The number of methoxy groups -OCH3 is 1. The van der Waals surface area contributed by atoms with Gasteiger partial charge < -0.3 is 10.1 Å². The molecule has 0 aliphatic carbocycles. The maximum atomic E-state index is 11.4. The van der Waals surface area contributed by atoms with Crippen molar-refractivity contribution in [3.63, 3.8) is 0 Å². The van der Waals surface area contributed by atoms with E-state index in [9.17, 15) is 4.79 Å². The van der Waals surface area contributed by atoms with Crippen molar-refractivity contribution in [2.75, 3.05) is 13.7 Å². The van der Waals surface area contributed by atoms with Gasteiger partial charge in [0.1, 0.15) is 0 Å². The van der Waals surface area contributed by atoms with Crippen molar-refractivity contribution in [2.24, 2.45) is 0 Å². The Hall–Kier alpha value is -1.13. The third-order valence-electron chi connectivity index (χ3n) is 2.97. The average Bonchev–Trinajstić information content (AvgIpc) is 2.43. The maximum absolute atomic E-state index is 11.4. The molecule has 0 fully saturated rings. The van der Waals surface area contributed by atoms with Crippen LogP contribution in [0.15, 0.2) is 40.4 Å². The summed E-state index contributed by atoms with van der Waals surface area (Å²) in [6.45, 7) is 4.68. The van der Waals surface area contributed by atoms with Crippen LogP contribution in [-0.4, -0.2) is 19.6 Å². The average molecular weight is 326 g/mol. The Morgan fingerprint density at radius 3 is 2.74 bits per heavy atom. The summed E-state index contributed by atoms with van der Waals surface area (Å²) in [6.07, 6.45) is 2.57. The van der Waals surface area contributed by atoms with Gasteiger partial charge in [-0.15, -0.1) is 0 Å². The van der Waals surface area contributed by atoms with Crippen LogP contribution in [0.3, 0.4) is 0 Å². The molecule has 0 aliphatic heterocycles. The molecule has 3 nitrogen and oxygen atoms in total. The molecule has 0 amide bonds. The van der Waals surface area contributed by atoms with Crippen LogP contribution in [0.2, 0.25) is 0 Å². The molecule has 4 heteroatoms. The Morgan fingerprint density at radius 1 is 1.47 bits per heavy atom. The summed E-state index contributed by atoms with van der Waals surface area (Å²) >= 11 is 3.54. The van der Waals surface area contributed by atoms with Crippen molar-refractivity contribution in [1.29, 1.82) is 0 Å². The van der Waals surface area contributed by atoms with E-state index in [-0.39, 0.29) is 12.0 Å². The lowest BCUT2D eigenvalue weighted by Crippen LogP contribution is -2.20. The minimum atomic E-state index is -0.252. The Labute approximate surface area is 123 Å². The number of nitrogens with one attached hydrogen (secondary N) is 1. The van der Waals surface area contributed by atoms with Crippen molar-refractivity contribution in [3.8, 4) is 0 Å². The zero-order valence-electron chi connectivity index (χ0n) is 11.6. The molecule has 19 heavy (non-hydrogen) atoms. The van der Waals surface area contributed by atoms with Crippen molar-refractivity contribution in [3.05, 3.63) is 46.0 Å². The summed E-state index contributed by atoms with van der Waals surface area (Å²) in [4.78, 5) is 11.4. The lowest BCUT2D eigenvalue weighted by molar-refractivity contribution is -0.136. The van der Waals surface area contributed by atoms with Gasteiger partial charge in [-0.1, -0.05) is 47.1 Å². The number of ether oxygens (including phenoxy) is 1. The lowest BCUT2D eigenvalue weighted by Gasteiger charge is -2.14. The summed E-state index contributed by atoms with van der Waals surface area (Å²) in [7, 11) is 1.41. The fraction of sp³-hybridized carbons (Fsp3) is 0.400. The standard InChI is InChI=1S/C15H20BrNO2/c1-4-12(15(18)19-3)9-10-17-11(2)13-7-5-6-8-14(13)16/h5-9,11,17H,4,10H2,1-3H3/b12-9-/t11-/m1/s1. The van der Waals surface area contributed by atoms with Crippen LogP contribution in [0.1, 0.15) is 31.9 Å². The van der Waals surface area contributed by atoms with Gasteiger partial charge in [0.05, 0.1) is 7.11 Å². The summed E-state index contributed by atoms with van der Waals surface area (Å²) in [5, 5.41) is 3.37. The first-order chi connectivity index (χ1) is 9.10. The van der Waals surface area contributed by atoms with Gasteiger partial charge in [0.25, 0.3) is 0 Å². The number of halogens is 1. The van der Waals surface area contributed by atoms with Crippen molar-refractivity contribution in [2.45, 2.75) is 26.3 Å². The number of hydrogen-bond donors (Lipinski definition) is 1. The minimum Gasteiger partial charge on any atom is -0.466 e. The quantitative estimate of drug-likeness (QED) is 0.641. The molecule has 0 heterocycles. The van der Waals surface area contributed by atoms with E-state index < -0.39 is 0 Å². The number of benzene rings is 1. The smallest absolute Gasteiger partial charge is 0.333 e. The maximum Gasteiger partial charge on any atom is 0.333 e. The molecule has 0 aromatic heterocycles. The Morgan fingerprint density at radius 2 is 2.16 bits per heavy atom. The van der Waals surface area contributed by atoms with Gasteiger partial charge in [0, 0.05) is 22.6 Å². The Kier molecular flexibility index (Phi) is 6.81. The topological polar surface area (TPSA) is 38.3 Å². The van der Waals surface area contributed by atoms with Crippen LogP contribution in [0.4, 0.5) is 0 Å². The molecule has 1 atom stereocenters. The third-order valence-corrected chi connectivity index (χ3v) is 3.69. The zero-order valence-corrected chi connectivity index (χ0v) is 13.2. The zero-order chi connectivity index (χ0) is 14.3. The number of carbonyl (C=O) groups is 1. The molecule has 1 aromatic rings. The van der Waals surface area contributed by atoms with E-state index in [1.165, 1.54) is 12.7 Å². The number of esters is 1. The molecule has 0 unspecified atom stereocenters. The Bertz CT molecular complexity index is 457. The third kappa shape index (κ3) is 4.80. The van der Waals surface area contributed by atoms with Crippen LogP contribution >= 0.6 is 15.9 Å². The van der Waals surface area contributed by atoms with Gasteiger partial charge in [-0.05, 0) is 25.0 Å². The van der Waals surface area contributed by atoms with Crippen LogP contribution in [-0.2, 0) is 9.53 Å². The first kappa shape index (κ1) is 15.9. The highest BCUT2D eigenvalue weighted by Gasteiger charge is 2.09. The van der Waals surface area contributed by atoms with Crippen molar-refractivity contribution >= 4 is 21.9 Å². The van der Waals surface area contributed by atoms with Crippen molar-refractivity contribution in [1.82, 2.24) is 5.32 Å². The van der Waals surface area contributed by atoms with Crippen LogP contribution in [0, 0.1) is 0 Å². The molecule has 1 rings (SSSR count). The number of rotatable bonds is 6. The second-order valence-electron chi connectivity index (χ2n) is 4.23. The van der Waals surface area contributed by atoms with E-state index in [0.717, 1.165) is 4.47 Å². The molecule has 0 saturated heterocycles. The fourth-order valence-electron chi connectivity index (χ4n) is 1.80. The van der Waals surface area contributed by atoms with Gasteiger partial charge in [-0.2, -0.15) is 0 Å². The van der Waals surface area contributed by atoms with Crippen LogP contribution < -0.4 is 5.32 Å². The highest BCUT2D eigenvalue weighted by Crippen LogP contribution is 2.22. The monoisotopic (exact) mass is 325 g/mol. The highest BCUT2D eigenvalue weighted by atomic mass is 79.9. The van der Waals surface area contributed by atoms with E-state index in [1.807, 2.05) is 31.2 Å². The van der Waals surface area contributed by atoms with Gasteiger partial charge in [-0.3, -0.25) is 0 Å². The van der Waals surface area contributed by atoms with Gasteiger partial charge in [0.2, 0.25) is 0 Å². The molecule has 0 bridgehead atoms. The second-order valence-corrected chi connectivity index (χ2v) is 5.08. The van der Waals surface area contributed by atoms with E-state index >= 15 is 0 Å². The molecule has 0 saturated carbocycles. The molecule has 0 aliphatic rings. The molecule has 104 valence electrons. The fourth-order valence-corrected chi connectivity index (χ4v) is 2.43. The SMILES string of the molecule is CC/C(=C/CN[C@H](C)c1ccccc1Br)C(=O)OC. The lowest BCUT2D eigenvalue weighted by atomic mass is 10.1. The van der Waals surface area contributed by atoms with E-state index in [1.54, 1.807) is 0 Å². The van der Waals surface area contributed by atoms with Gasteiger partial charge in [0.15, 0.2) is 0 Å². The Balaban J connectivity index is 2.60. The summed E-state index contributed by atoms with van der Waals surface area (Å²) in [5.74, 6) is -0.252. The van der Waals surface area contributed by atoms with Gasteiger partial charge in [-0.25, -0.2) is 4.79 Å². The number of carbonyl (C=O) groups excluding carboxylic acids is 1. The first-order valence-electron chi connectivity index (χ1n) is 6.35. The molecule has 0 spiro atoms. The van der Waals surface area contributed by atoms with Crippen LogP contribution in [0.25, 0.3) is 0 Å². The molecular weight excluding hydrogens is 306 g/mol. The summed E-state index contributed by atoms with van der Waals surface area (Å²) in [5.41, 5.74) is 1.90. The summed E-state index contributed by atoms with van der Waals surface area (Å²) in [6, 6.07) is 8.32. The molecule has 1 aromatic carbocycles. The van der Waals surface area contributed by atoms with Gasteiger partial charge >= 0.3 is 5.97 Å². The van der Waals surface area contributed by atoms with Crippen molar-refractivity contribution < 1.29 is 9.53 Å². The minimum absolute atomic E-state index is 0.211. The number of hydrogen-bond acceptors (Lipinski definition) is 3. The second kappa shape index (κ2) is 8.12. The summed E-state index contributed by atoms with van der Waals surface area (Å²) < 4.78 is 5.81. The van der Waals surface area contributed by atoms with E-state index in [2.05, 4.69) is 34.2 Å². The predicted octanol–water partition coefficient (Wildman–Crippen LogP) is 3.61.